The summed E-state index contributed by atoms with van der Waals surface area (Å²) in [7, 11) is 0. The van der Waals surface area contributed by atoms with Crippen molar-refractivity contribution in [1.29, 1.82) is 0 Å². The van der Waals surface area contributed by atoms with Gasteiger partial charge in [0.1, 0.15) is 0 Å². The van der Waals surface area contributed by atoms with Crippen molar-refractivity contribution in [1.82, 2.24) is 5.32 Å². The van der Waals surface area contributed by atoms with E-state index in [-0.39, 0.29) is 6.04 Å². The van der Waals surface area contributed by atoms with E-state index in [1.165, 1.54) is 0 Å². The SMILES string of the molecule is CCCC(NCC)c1cc(F)c(F)c(F)c1. The Balaban J connectivity index is 3.00. The minimum absolute atomic E-state index is 0.125. The van der Waals surface area contributed by atoms with E-state index in [2.05, 4.69) is 5.32 Å². The molecular weight excluding hydrogens is 215 g/mol. The third kappa shape index (κ3) is 2.98. The smallest absolute Gasteiger partial charge is 0.194 e. The molecule has 0 bridgehead atoms. The highest BCUT2D eigenvalue weighted by atomic mass is 19.2. The summed E-state index contributed by atoms with van der Waals surface area (Å²) in [6.45, 7) is 4.60. The number of nitrogens with one attached hydrogen (secondary N) is 1. The first kappa shape index (κ1) is 13.0. The Hall–Kier alpha value is -1.03. The van der Waals surface area contributed by atoms with Crippen molar-refractivity contribution in [3.05, 3.63) is 35.1 Å². The van der Waals surface area contributed by atoms with Crippen LogP contribution in [-0.2, 0) is 0 Å². The molecule has 0 fully saturated rings. The second-order valence-electron chi connectivity index (χ2n) is 3.70. The molecule has 0 saturated heterocycles. The molecular formula is C12H16F3N. The van der Waals surface area contributed by atoms with Crippen molar-refractivity contribution in [3.8, 4) is 0 Å². The zero-order valence-electron chi connectivity index (χ0n) is 9.49. The molecule has 1 aromatic carbocycles. The summed E-state index contributed by atoms with van der Waals surface area (Å²) in [6, 6.07) is 1.99. The predicted molar refractivity (Wildman–Crippen MR) is 57.6 cm³/mol. The van der Waals surface area contributed by atoms with Crippen LogP contribution in [0.25, 0.3) is 0 Å². The lowest BCUT2D eigenvalue weighted by Gasteiger charge is -2.17. The molecule has 0 amide bonds. The molecule has 0 saturated carbocycles. The van der Waals surface area contributed by atoms with Crippen LogP contribution in [0.5, 0.6) is 0 Å². The third-order valence-corrected chi connectivity index (χ3v) is 2.44. The van der Waals surface area contributed by atoms with Crippen LogP contribution in [0, 0.1) is 17.5 Å². The van der Waals surface area contributed by atoms with Crippen molar-refractivity contribution in [2.45, 2.75) is 32.7 Å². The van der Waals surface area contributed by atoms with Gasteiger partial charge in [-0.3, -0.25) is 0 Å². The van der Waals surface area contributed by atoms with Crippen LogP contribution in [-0.4, -0.2) is 6.54 Å². The fraction of sp³-hybridized carbons (Fsp3) is 0.500. The van der Waals surface area contributed by atoms with Crippen molar-refractivity contribution >= 4 is 0 Å². The summed E-state index contributed by atoms with van der Waals surface area (Å²) in [5.74, 6) is -3.67. The van der Waals surface area contributed by atoms with Gasteiger partial charge in [-0.15, -0.1) is 0 Å². The molecule has 4 heteroatoms. The van der Waals surface area contributed by atoms with Gasteiger partial charge in [-0.05, 0) is 30.7 Å². The van der Waals surface area contributed by atoms with E-state index in [0.717, 1.165) is 25.0 Å². The molecule has 1 atom stereocenters. The van der Waals surface area contributed by atoms with Crippen LogP contribution in [0.15, 0.2) is 12.1 Å². The van der Waals surface area contributed by atoms with Gasteiger partial charge < -0.3 is 5.32 Å². The van der Waals surface area contributed by atoms with E-state index in [1.54, 1.807) is 0 Å². The van der Waals surface area contributed by atoms with E-state index in [9.17, 15) is 13.2 Å². The molecule has 1 aromatic rings. The first-order valence-electron chi connectivity index (χ1n) is 5.48. The van der Waals surface area contributed by atoms with Crippen LogP contribution in [0.1, 0.15) is 38.3 Å². The van der Waals surface area contributed by atoms with E-state index in [0.29, 0.717) is 12.1 Å². The number of halogens is 3. The van der Waals surface area contributed by atoms with Gasteiger partial charge in [0, 0.05) is 6.04 Å². The highest BCUT2D eigenvalue weighted by Crippen LogP contribution is 2.22. The largest absolute Gasteiger partial charge is 0.310 e. The maximum atomic E-state index is 13.0. The molecule has 1 rings (SSSR count). The molecule has 1 nitrogen and oxygen atoms in total. The standard InChI is InChI=1S/C12H16F3N/c1-3-5-11(16-4-2)8-6-9(13)12(15)10(14)7-8/h6-7,11,16H,3-5H2,1-2H3. The quantitative estimate of drug-likeness (QED) is 0.764. The van der Waals surface area contributed by atoms with Gasteiger partial charge in [-0.2, -0.15) is 0 Å². The lowest BCUT2D eigenvalue weighted by Crippen LogP contribution is -2.21. The molecule has 0 aliphatic rings. The maximum Gasteiger partial charge on any atom is 0.194 e. The van der Waals surface area contributed by atoms with Gasteiger partial charge in [0.15, 0.2) is 17.5 Å². The summed E-state index contributed by atoms with van der Waals surface area (Å²) >= 11 is 0. The second-order valence-corrected chi connectivity index (χ2v) is 3.70. The van der Waals surface area contributed by atoms with Crippen molar-refractivity contribution < 1.29 is 13.2 Å². The minimum Gasteiger partial charge on any atom is -0.310 e. The molecule has 0 aliphatic heterocycles. The zero-order chi connectivity index (χ0) is 12.1. The van der Waals surface area contributed by atoms with Gasteiger partial charge in [0.05, 0.1) is 0 Å². The third-order valence-electron chi connectivity index (χ3n) is 2.44. The highest BCUT2D eigenvalue weighted by molar-refractivity contribution is 5.22. The van der Waals surface area contributed by atoms with Crippen LogP contribution >= 0.6 is 0 Å². The predicted octanol–water partition coefficient (Wildman–Crippen LogP) is 3.55. The van der Waals surface area contributed by atoms with Crippen LogP contribution in [0.3, 0.4) is 0 Å². The molecule has 1 N–H and O–H groups in total. The average molecular weight is 231 g/mol. The first-order chi connectivity index (χ1) is 7.60. The number of rotatable bonds is 5. The summed E-state index contributed by atoms with van der Waals surface area (Å²) in [5, 5.41) is 3.12. The van der Waals surface area contributed by atoms with Crippen LogP contribution in [0.2, 0.25) is 0 Å². The number of benzene rings is 1. The number of hydrogen-bond acceptors (Lipinski definition) is 1. The monoisotopic (exact) mass is 231 g/mol. The van der Waals surface area contributed by atoms with Crippen LogP contribution in [0.4, 0.5) is 13.2 Å². The molecule has 0 aliphatic carbocycles. The Morgan fingerprint density at radius 3 is 2.12 bits per heavy atom. The Labute approximate surface area is 93.7 Å². The first-order valence-corrected chi connectivity index (χ1v) is 5.48. The second kappa shape index (κ2) is 5.89. The molecule has 0 heterocycles. The molecule has 0 spiro atoms. The van der Waals surface area contributed by atoms with Crippen molar-refractivity contribution in [2.24, 2.45) is 0 Å². The van der Waals surface area contributed by atoms with Crippen molar-refractivity contribution in [2.75, 3.05) is 6.54 Å². The van der Waals surface area contributed by atoms with E-state index < -0.39 is 17.5 Å². The lowest BCUT2D eigenvalue weighted by atomic mass is 10.0. The summed E-state index contributed by atoms with van der Waals surface area (Å²) in [4.78, 5) is 0. The molecule has 90 valence electrons. The number of hydrogen-bond donors (Lipinski definition) is 1. The van der Waals surface area contributed by atoms with E-state index >= 15 is 0 Å². The van der Waals surface area contributed by atoms with Gasteiger partial charge in [0.25, 0.3) is 0 Å². The Morgan fingerprint density at radius 2 is 1.69 bits per heavy atom. The van der Waals surface area contributed by atoms with Gasteiger partial charge >= 0.3 is 0 Å². The van der Waals surface area contributed by atoms with Crippen molar-refractivity contribution in [3.63, 3.8) is 0 Å². The molecule has 0 radical (unpaired) electrons. The summed E-state index contributed by atoms with van der Waals surface area (Å²) < 4.78 is 38.9. The highest BCUT2D eigenvalue weighted by Gasteiger charge is 2.15. The Morgan fingerprint density at radius 1 is 1.12 bits per heavy atom. The van der Waals surface area contributed by atoms with E-state index in [1.807, 2.05) is 13.8 Å². The van der Waals surface area contributed by atoms with E-state index in [4.69, 9.17) is 0 Å². The fourth-order valence-electron chi connectivity index (χ4n) is 1.70. The van der Waals surface area contributed by atoms with Gasteiger partial charge in [0.2, 0.25) is 0 Å². The fourth-order valence-corrected chi connectivity index (χ4v) is 1.70. The average Bonchev–Trinajstić information content (AvgIpc) is 2.25. The Kier molecular flexibility index (Phi) is 4.80. The zero-order valence-corrected chi connectivity index (χ0v) is 9.49. The summed E-state index contributed by atoms with van der Waals surface area (Å²) in [6.07, 6.45) is 1.65. The normalized spacial score (nSPS) is 12.8. The minimum atomic E-state index is -1.41. The van der Waals surface area contributed by atoms with Gasteiger partial charge in [-0.1, -0.05) is 20.3 Å². The van der Waals surface area contributed by atoms with Crippen LogP contribution < -0.4 is 5.32 Å². The van der Waals surface area contributed by atoms with Gasteiger partial charge in [-0.25, -0.2) is 13.2 Å². The molecule has 0 aromatic heterocycles. The molecule has 16 heavy (non-hydrogen) atoms. The topological polar surface area (TPSA) is 12.0 Å². The lowest BCUT2D eigenvalue weighted by molar-refractivity contribution is 0.436. The summed E-state index contributed by atoms with van der Waals surface area (Å²) in [5.41, 5.74) is 0.458. The Bertz CT molecular complexity index is 323. The maximum absolute atomic E-state index is 13.0. The molecule has 1 unspecified atom stereocenters.